The lowest BCUT2D eigenvalue weighted by Crippen LogP contribution is -2.61. The highest BCUT2D eigenvalue weighted by Crippen LogP contribution is 2.34. The second-order valence-electron chi connectivity index (χ2n) is 9.69. The molecule has 3 saturated heterocycles. The number of halogens is 3. The van der Waals surface area contributed by atoms with Crippen LogP contribution in [0.5, 0.6) is 0 Å². The van der Waals surface area contributed by atoms with Gasteiger partial charge in [0, 0.05) is 60.6 Å². The summed E-state index contributed by atoms with van der Waals surface area (Å²) in [5, 5.41) is 8.49. The Bertz CT molecular complexity index is 1300. The lowest BCUT2D eigenvalue weighted by molar-refractivity contribution is -0.137. The maximum atomic E-state index is 13.4. The normalized spacial score (nSPS) is 23.8. The van der Waals surface area contributed by atoms with Gasteiger partial charge < -0.3 is 15.0 Å². The van der Waals surface area contributed by atoms with E-state index in [2.05, 4.69) is 20.2 Å². The highest BCUT2D eigenvalue weighted by Gasteiger charge is 2.35. The molecule has 3 aromatic rings. The van der Waals surface area contributed by atoms with E-state index in [1.165, 1.54) is 10.7 Å². The average Bonchev–Trinajstić information content (AvgIpc) is 3.29. The van der Waals surface area contributed by atoms with Crippen LogP contribution in [0.15, 0.2) is 30.5 Å². The largest absolute Gasteiger partial charge is 0.416 e. The molecule has 3 fully saturated rings. The van der Waals surface area contributed by atoms with E-state index in [4.69, 9.17) is 14.7 Å². The van der Waals surface area contributed by atoms with Crippen molar-refractivity contribution in [2.24, 2.45) is 0 Å². The zero-order valence-corrected chi connectivity index (χ0v) is 21.0. The Hall–Kier alpha value is -2.77. The van der Waals surface area contributed by atoms with E-state index < -0.39 is 22.5 Å². The molecule has 9 nitrogen and oxygen atoms in total. The minimum atomic E-state index is -4.46. The lowest BCUT2D eigenvalue weighted by atomic mass is 10.1. The molecular formula is C24H28F3N7O2S. The van der Waals surface area contributed by atoms with Crippen molar-refractivity contribution in [3.05, 3.63) is 36.0 Å². The quantitative estimate of drug-likeness (QED) is 0.534. The van der Waals surface area contributed by atoms with Crippen molar-refractivity contribution in [3.8, 4) is 5.69 Å². The van der Waals surface area contributed by atoms with Crippen molar-refractivity contribution in [3.63, 3.8) is 0 Å². The number of hydrogen-bond donors (Lipinski definition) is 1. The molecule has 2 aromatic heterocycles. The Labute approximate surface area is 214 Å². The van der Waals surface area contributed by atoms with Gasteiger partial charge in [0.2, 0.25) is 5.95 Å². The van der Waals surface area contributed by atoms with Crippen molar-refractivity contribution < 1.29 is 22.1 Å². The molecule has 3 aliphatic rings. The van der Waals surface area contributed by atoms with E-state index in [1.54, 1.807) is 12.3 Å². The van der Waals surface area contributed by atoms with Crippen LogP contribution >= 0.6 is 0 Å². The van der Waals surface area contributed by atoms with Crippen LogP contribution in [0.25, 0.3) is 16.7 Å². The first-order chi connectivity index (χ1) is 17.8. The molecule has 37 heavy (non-hydrogen) atoms. The maximum absolute atomic E-state index is 13.4. The van der Waals surface area contributed by atoms with Gasteiger partial charge in [0.25, 0.3) is 0 Å². The van der Waals surface area contributed by atoms with E-state index in [0.717, 1.165) is 70.2 Å². The molecule has 1 N–H and O–H groups in total. The highest BCUT2D eigenvalue weighted by atomic mass is 32.2. The molecule has 0 aliphatic carbocycles. The summed E-state index contributed by atoms with van der Waals surface area (Å²) in [4.78, 5) is 14.1. The molecule has 0 amide bonds. The third-order valence-corrected chi connectivity index (χ3v) is 8.65. The number of rotatable bonds is 5. The second kappa shape index (κ2) is 9.84. The summed E-state index contributed by atoms with van der Waals surface area (Å²) in [6.07, 6.45) is -1.34. The van der Waals surface area contributed by atoms with E-state index >= 15 is 0 Å². The number of anilines is 2. The Morgan fingerprint density at radius 1 is 1.08 bits per heavy atom. The molecule has 198 valence electrons. The molecule has 6 rings (SSSR count). The minimum Gasteiger partial charge on any atom is -0.379 e. The van der Waals surface area contributed by atoms with E-state index in [1.807, 2.05) is 0 Å². The van der Waals surface area contributed by atoms with Crippen molar-refractivity contribution in [2.75, 3.05) is 61.1 Å². The number of morpholine rings is 1. The highest BCUT2D eigenvalue weighted by molar-refractivity contribution is 7.85. The summed E-state index contributed by atoms with van der Waals surface area (Å²) in [5.41, 5.74) is -0.0168. The first kappa shape index (κ1) is 24.6. The van der Waals surface area contributed by atoms with Crippen LogP contribution in [0.2, 0.25) is 0 Å². The molecule has 13 heteroatoms. The number of alkyl halides is 3. The molecule has 0 radical (unpaired) electrons. The van der Waals surface area contributed by atoms with Crippen LogP contribution in [-0.2, 0) is 21.7 Å². The number of ether oxygens (including phenoxy) is 1. The Kier molecular flexibility index (Phi) is 6.53. The fourth-order valence-corrected chi connectivity index (χ4v) is 6.42. The van der Waals surface area contributed by atoms with Crippen LogP contribution in [0.3, 0.4) is 0 Å². The molecule has 3 aliphatic heterocycles. The first-order valence-electron chi connectivity index (χ1n) is 12.5. The predicted molar refractivity (Wildman–Crippen MR) is 135 cm³/mol. The van der Waals surface area contributed by atoms with Crippen molar-refractivity contribution in [2.45, 2.75) is 31.1 Å². The summed E-state index contributed by atoms with van der Waals surface area (Å²) >= 11 is 0. The van der Waals surface area contributed by atoms with Crippen LogP contribution in [0, 0.1) is 0 Å². The monoisotopic (exact) mass is 535 g/mol. The molecule has 0 saturated carbocycles. The topological polar surface area (TPSA) is 88.4 Å². The third-order valence-electron chi connectivity index (χ3n) is 7.27. The van der Waals surface area contributed by atoms with Crippen LogP contribution in [0.1, 0.15) is 18.4 Å². The van der Waals surface area contributed by atoms with Gasteiger partial charge in [-0.15, -0.1) is 0 Å². The van der Waals surface area contributed by atoms with Crippen LogP contribution in [-0.4, -0.2) is 91.8 Å². The number of aromatic nitrogens is 4. The minimum absolute atomic E-state index is 0.0883. The van der Waals surface area contributed by atoms with Gasteiger partial charge in [-0.2, -0.15) is 28.2 Å². The zero-order chi connectivity index (χ0) is 25.6. The molecule has 0 spiro atoms. The molecule has 0 unspecified atom stereocenters. The zero-order valence-electron chi connectivity index (χ0n) is 20.2. The molecule has 0 atom stereocenters. The first-order valence-corrected chi connectivity index (χ1v) is 14.0. The summed E-state index contributed by atoms with van der Waals surface area (Å²) in [7, 11) is -0.792. The van der Waals surface area contributed by atoms with Gasteiger partial charge >= 0.3 is 6.18 Å². The van der Waals surface area contributed by atoms with E-state index in [-0.39, 0.29) is 11.7 Å². The summed E-state index contributed by atoms with van der Waals surface area (Å²) < 4.78 is 58.9. The maximum Gasteiger partial charge on any atom is 0.416 e. The Morgan fingerprint density at radius 3 is 2.57 bits per heavy atom. The van der Waals surface area contributed by atoms with Gasteiger partial charge in [-0.1, -0.05) is 6.07 Å². The molecule has 5 heterocycles. The fourth-order valence-electron chi connectivity index (χ4n) is 5.12. The third kappa shape index (κ3) is 5.04. The van der Waals surface area contributed by atoms with Gasteiger partial charge in [-0.3, -0.25) is 9.11 Å². The predicted octanol–water partition coefficient (Wildman–Crippen LogP) is 2.68. The summed E-state index contributed by atoms with van der Waals surface area (Å²) in [5.74, 6) is 2.38. The Morgan fingerprint density at radius 2 is 1.84 bits per heavy atom. The standard InChI is InChI=1S/C24H28F3N7O2S/c25-24(26,27)16-2-1-3-18(12-16)34-22-20(13-28-34)21(33-14-19(15-33)32-6-8-36-9-7-32)30-23(31-22)29-17-4-10-37(35)11-5-17/h1-3,12-13,17,19H,4-11,14-15H2,(H,29,30,31). The van der Waals surface area contributed by atoms with Crippen LogP contribution < -0.4 is 10.2 Å². The molecule has 1 aromatic carbocycles. The second-order valence-corrected chi connectivity index (χ2v) is 11.4. The summed E-state index contributed by atoms with van der Waals surface area (Å²) in [6.45, 7) is 4.87. The SMILES string of the molecule is O=S1CCC(Nc2nc(N3CC(N4CCOCC4)C3)c3cnn(-c4cccc(C(F)(F)F)c4)c3n2)CC1. The lowest BCUT2D eigenvalue weighted by Gasteiger charge is -2.47. The summed E-state index contributed by atoms with van der Waals surface area (Å²) in [6, 6.07) is 5.57. The molecular weight excluding hydrogens is 507 g/mol. The average molecular weight is 536 g/mol. The Balaban J connectivity index is 1.34. The van der Waals surface area contributed by atoms with Crippen molar-refractivity contribution in [1.29, 1.82) is 0 Å². The number of hydrogen-bond acceptors (Lipinski definition) is 8. The number of nitrogens with one attached hydrogen (secondary N) is 1. The van der Waals surface area contributed by atoms with E-state index in [0.29, 0.717) is 34.5 Å². The van der Waals surface area contributed by atoms with Crippen molar-refractivity contribution in [1.82, 2.24) is 24.6 Å². The number of nitrogens with zero attached hydrogens (tertiary/aromatic N) is 6. The van der Waals surface area contributed by atoms with Crippen LogP contribution in [0.4, 0.5) is 24.9 Å². The van der Waals surface area contributed by atoms with Gasteiger partial charge in [0.1, 0.15) is 5.82 Å². The van der Waals surface area contributed by atoms with Gasteiger partial charge in [0.15, 0.2) is 5.65 Å². The smallest absolute Gasteiger partial charge is 0.379 e. The van der Waals surface area contributed by atoms with Gasteiger partial charge in [-0.25, -0.2) is 4.68 Å². The van der Waals surface area contributed by atoms with Crippen molar-refractivity contribution >= 4 is 33.6 Å². The van der Waals surface area contributed by atoms with E-state index in [9.17, 15) is 17.4 Å². The number of benzene rings is 1. The molecule has 0 bridgehead atoms. The fraction of sp³-hybridized carbons (Fsp3) is 0.542. The number of fused-ring (bicyclic) bond motifs is 1. The van der Waals surface area contributed by atoms with Gasteiger partial charge in [0.05, 0.1) is 36.0 Å². The van der Waals surface area contributed by atoms with Gasteiger partial charge in [-0.05, 0) is 31.0 Å².